The van der Waals surface area contributed by atoms with Crippen LogP contribution < -0.4 is 10.6 Å². The van der Waals surface area contributed by atoms with Crippen LogP contribution in [-0.2, 0) is 16.0 Å². The Morgan fingerprint density at radius 3 is 3.06 bits per heavy atom. The first-order valence-corrected chi connectivity index (χ1v) is 6.31. The summed E-state index contributed by atoms with van der Waals surface area (Å²) in [5, 5.41) is 6.23. The number of aryl methyl sites for hydroxylation is 1. The van der Waals surface area contributed by atoms with Crippen molar-refractivity contribution in [2.75, 3.05) is 26.3 Å². The molecular weight excluding hydrogens is 230 g/mol. The number of amides is 1. The zero-order valence-electron chi connectivity index (χ0n) is 10.4. The molecule has 5 heteroatoms. The van der Waals surface area contributed by atoms with Crippen molar-refractivity contribution in [3.8, 4) is 0 Å². The highest BCUT2D eigenvalue weighted by Crippen LogP contribution is 2.00. The van der Waals surface area contributed by atoms with Gasteiger partial charge in [-0.25, -0.2) is 0 Å². The van der Waals surface area contributed by atoms with E-state index in [1.165, 1.54) is 0 Å². The molecule has 0 aliphatic carbocycles. The second-order valence-corrected chi connectivity index (χ2v) is 4.39. The molecule has 1 aliphatic heterocycles. The summed E-state index contributed by atoms with van der Waals surface area (Å²) < 4.78 is 5.32. The summed E-state index contributed by atoms with van der Waals surface area (Å²) in [6.07, 6.45) is 4.76. The van der Waals surface area contributed by atoms with Crippen molar-refractivity contribution in [2.24, 2.45) is 0 Å². The van der Waals surface area contributed by atoms with E-state index in [4.69, 9.17) is 4.74 Å². The van der Waals surface area contributed by atoms with Gasteiger partial charge in [-0.2, -0.15) is 0 Å². The molecule has 0 spiro atoms. The fourth-order valence-corrected chi connectivity index (χ4v) is 1.88. The van der Waals surface area contributed by atoms with E-state index in [1.807, 2.05) is 12.1 Å². The van der Waals surface area contributed by atoms with Crippen LogP contribution in [0.5, 0.6) is 0 Å². The van der Waals surface area contributed by atoms with E-state index < -0.39 is 0 Å². The van der Waals surface area contributed by atoms with Crippen molar-refractivity contribution in [2.45, 2.75) is 18.9 Å². The molecule has 0 aromatic carbocycles. The van der Waals surface area contributed by atoms with Gasteiger partial charge in [-0.3, -0.25) is 9.78 Å². The Bertz CT molecular complexity index is 364. The van der Waals surface area contributed by atoms with Crippen LogP contribution >= 0.6 is 0 Å². The fourth-order valence-electron chi connectivity index (χ4n) is 1.88. The Balaban J connectivity index is 1.63. The third-order valence-corrected chi connectivity index (χ3v) is 2.93. The summed E-state index contributed by atoms with van der Waals surface area (Å²) >= 11 is 0. The van der Waals surface area contributed by atoms with Gasteiger partial charge in [0, 0.05) is 37.9 Å². The van der Waals surface area contributed by atoms with Gasteiger partial charge in [0.2, 0.25) is 5.91 Å². The lowest BCUT2D eigenvalue weighted by atomic mass is 10.1. The molecule has 1 saturated heterocycles. The first-order valence-electron chi connectivity index (χ1n) is 6.31. The molecule has 2 N–H and O–H groups in total. The first kappa shape index (κ1) is 13.0. The van der Waals surface area contributed by atoms with Gasteiger partial charge in [0.15, 0.2) is 0 Å². The molecule has 1 amide bonds. The molecule has 0 saturated carbocycles. The summed E-state index contributed by atoms with van der Waals surface area (Å²) in [7, 11) is 0. The molecule has 1 aromatic heterocycles. The number of morpholine rings is 1. The van der Waals surface area contributed by atoms with Crippen molar-refractivity contribution >= 4 is 5.91 Å². The summed E-state index contributed by atoms with van der Waals surface area (Å²) in [5.41, 5.74) is 1.14. The minimum absolute atomic E-state index is 0.0826. The smallest absolute Gasteiger partial charge is 0.220 e. The fraction of sp³-hybridized carbons (Fsp3) is 0.538. The predicted octanol–water partition coefficient (Wildman–Crippen LogP) is 0.119. The Kier molecular flexibility index (Phi) is 5.11. The van der Waals surface area contributed by atoms with E-state index >= 15 is 0 Å². The summed E-state index contributed by atoms with van der Waals surface area (Å²) in [5.74, 6) is 0.0826. The Hall–Kier alpha value is -1.46. The molecule has 1 atom stereocenters. The third kappa shape index (κ3) is 4.43. The SMILES string of the molecule is O=C(CCc1ccncc1)NCC1COCCN1. The number of carbonyl (C=O) groups is 1. The normalized spacial score (nSPS) is 19.4. The van der Waals surface area contributed by atoms with Crippen LogP contribution in [0.3, 0.4) is 0 Å². The van der Waals surface area contributed by atoms with Crippen LogP contribution in [0, 0.1) is 0 Å². The van der Waals surface area contributed by atoms with E-state index in [9.17, 15) is 4.79 Å². The zero-order chi connectivity index (χ0) is 12.6. The lowest BCUT2D eigenvalue weighted by Crippen LogP contribution is -2.48. The monoisotopic (exact) mass is 249 g/mol. The highest BCUT2D eigenvalue weighted by molar-refractivity contribution is 5.76. The van der Waals surface area contributed by atoms with Gasteiger partial charge in [-0.15, -0.1) is 0 Å². The highest BCUT2D eigenvalue weighted by atomic mass is 16.5. The molecule has 1 unspecified atom stereocenters. The van der Waals surface area contributed by atoms with Crippen LogP contribution in [0.1, 0.15) is 12.0 Å². The molecular formula is C13H19N3O2. The van der Waals surface area contributed by atoms with E-state index in [2.05, 4.69) is 15.6 Å². The Labute approximate surface area is 107 Å². The van der Waals surface area contributed by atoms with Crippen LogP contribution in [0.2, 0.25) is 0 Å². The topological polar surface area (TPSA) is 63.2 Å². The van der Waals surface area contributed by atoms with Gasteiger partial charge in [0.1, 0.15) is 0 Å². The van der Waals surface area contributed by atoms with E-state index in [0.717, 1.165) is 25.1 Å². The minimum atomic E-state index is 0.0826. The maximum atomic E-state index is 11.7. The van der Waals surface area contributed by atoms with E-state index in [1.54, 1.807) is 12.4 Å². The largest absolute Gasteiger partial charge is 0.378 e. The molecule has 2 rings (SSSR count). The lowest BCUT2D eigenvalue weighted by Gasteiger charge is -2.23. The first-order chi connectivity index (χ1) is 8.84. The molecule has 18 heavy (non-hydrogen) atoms. The lowest BCUT2D eigenvalue weighted by molar-refractivity contribution is -0.121. The summed E-state index contributed by atoms with van der Waals surface area (Å²) in [6.45, 7) is 2.92. The van der Waals surface area contributed by atoms with Crippen LogP contribution in [0.15, 0.2) is 24.5 Å². The molecule has 0 radical (unpaired) electrons. The molecule has 1 aliphatic rings. The maximum Gasteiger partial charge on any atom is 0.220 e. The molecule has 2 heterocycles. The standard InChI is InChI=1S/C13H19N3O2/c17-13(2-1-11-3-5-14-6-4-11)16-9-12-10-18-8-7-15-12/h3-6,12,15H,1-2,7-10H2,(H,16,17). The second kappa shape index (κ2) is 7.08. The van der Waals surface area contributed by atoms with Crippen molar-refractivity contribution < 1.29 is 9.53 Å². The van der Waals surface area contributed by atoms with Crippen molar-refractivity contribution in [1.29, 1.82) is 0 Å². The Morgan fingerprint density at radius 1 is 1.50 bits per heavy atom. The number of nitrogens with one attached hydrogen (secondary N) is 2. The van der Waals surface area contributed by atoms with Crippen molar-refractivity contribution in [3.63, 3.8) is 0 Å². The maximum absolute atomic E-state index is 11.7. The number of rotatable bonds is 5. The quantitative estimate of drug-likeness (QED) is 0.778. The number of hydrogen-bond acceptors (Lipinski definition) is 4. The number of aromatic nitrogens is 1. The van der Waals surface area contributed by atoms with Gasteiger partial charge >= 0.3 is 0 Å². The van der Waals surface area contributed by atoms with E-state index in [0.29, 0.717) is 19.6 Å². The Morgan fingerprint density at radius 2 is 2.33 bits per heavy atom. The molecule has 1 aromatic rings. The van der Waals surface area contributed by atoms with Crippen molar-refractivity contribution in [1.82, 2.24) is 15.6 Å². The van der Waals surface area contributed by atoms with Gasteiger partial charge < -0.3 is 15.4 Å². The number of hydrogen-bond donors (Lipinski definition) is 2. The van der Waals surface area contributed by atoms with Gasteiger partial charge in [0.05, 0.1) is 13.2 Å². The number of carbonyl (C=O) groups excluding carboxylic acids is 1. The number of ether oxygens (including phenoxy) is 1. The average Bonchev–Trinajstić information content (AvgIpc) is 2.45. The highest BCUT2D eigenvalue weighted by Gasteiger charge is 2.13. The second-order valence-electron chi connectivity index (χ2n) is 4.39. The van der Waals surface area contributed by atoms with Crippen LogP contribution in [-0.4, -0.2) is 43.2 Å². The predicted molar refractivity (Wildman–Crippen MR) is 68.2 cm³/mol. The van der Waals surface area contributed by atoms with Gasteiger partial charge in [-0.1, -0.05) is 0 Å². The van der Waals surface area contributed by atoms with Gasteiger partial charge in [-0.05, 0) is 24.1 Å². The van der Waals surface area contributed by atoms with Gasteiger partial charge in [0.25, 0.3) is 0 Å². The third-order valence-electron chi connectivity index (χ3n) is 2.93. The molecule has 0 bridgehead atoms. The molecule has 5 nitrogen and oxygen atoms in total. The molecule has 1 fully saturated rings. The molecule has 98 valence electrons. The number of pyridine rings is 1. The average molecular weight is 249 g/mol. The summed E-state index contributed by atoms with van der Waals surface area (Å²) in [6, 6.07) is 4.11. The van der Waals surface area contributed by atoms with Crippen molar-refractivity contribution in [3.05, 3.63) is 30.1 Å². The van der Waals surface area contributed by atoms with E-state index in [-0.39, 0.29) is 11.9 Å². The summed E-state index contributed by atoms with van der Waals surface area (Å²) in [4.78, 5) is 15.6. The zero-order valence-corrected chi connectivity index (χ0v) is 10.4. The van der Waals surface area contributed by atoms with Crippen LogP contribution in [0.25, 0.3) is 0 Å². The minimum Gasteiger partial charge on any atom is -0.378 e. The number of nitrogens with zero attached hydrogens (tertiary/aromatic N) is 1. The van der Waals surface area contributed by atoms with Crippen LogP contribution in [0.4, 0.5) is 0 Å².